The Bertz CT molecular complexity index is 1200. The Labute approximate surface area is 195 Å². The molecule has 0 saturated carbocycles. The van der Waals surface area contributed by atoms with Gasteiger partial charge in [-0.05, 0) is 53.7 Å². The van der Waals surface area contributed by atoms with Crippen molar-refractivity contribution in [2.45, 2.75) is 39.2 Å². The smallest absolute Gasteiger partial charge is 0.163 e. The fraction of sp³-hybridized carbons (Fsp3) is 0.276. The number of para-hydroxylation sites is 2. The van der Waals surface area contributed by atoms with Gasteiger partial charge in [-0.3, -0.25) is 4.79 Å². The number of carbonyl (C=O) groups excluding carboxylic acids is 1. The molecule has 1 unspecified atom stereocenters. The van der Waals surface area contributed by atoms with Crippen molar-refractivity contribution in [2.75, 3.05) is 17.2 Å². The number of benzene rings is 2. The minimum atomic E-state index is -0.233. The topological polar surface area (TPSA) is 50.4 Å². The summed E-state index contributed by atoms with van der Waals surface area (Å²) in [6.45, 7) is 4.83. The van der Waals surface area contributed by atoms with Gasteiger partial charge in [-0.15, -0.1) is 0 Å². The van der Waals surface area contributed by atoms with E-state index >= 15 is 0 Å². The lowest BCUT2D eigenvalue weighted by molar-refractivity contribution is -0.118. The Hall–Kier alpha value is -3.53. The van der Waals surface area contributed by atoms with Gasteiger partial charge < -0.3 is 15.4 Å². The molecule has 33 heavy (non-hydrogen) atoms. The zero-order chi connectivity index (χ0) is 22.8. The van der Waals surface area contributed by atoms with Crippen LogP contribution in [-0.4, -0.2) is 12.4 Å². The van der Waals surface area contributed by atoms with Gasteiger partial charge >= 0.3 is 0 Å². The molecule has 168 valence electrons. The Morgan fingerprint density at radius 3 is 2.76 bits per heavy atom. The molecule has 0 bridgehead atoms. The average Bonchev–Trinajstić information content (AvgIpc) is 3.14. The highest BCUT2D eigenvalue weighted by Gasteiger charge is 2.38. The third-order valence-electron chi connectivity index (χ3n) is 6.37. The zero-order valence-corrected chi connectivity index (χ0v) is 19.2. The molecule has 2 aromatic rings. The van der Waals surface area contributed by atoms with E-state index in [9.17, 15) is 4.79 Å². The van der Waals surface area contributed by atoms with Gasteiger partial charge in [-0.25, -0.2) is 0 Å². The molecule has 2 aromatic carbocycles. The van der Waals surface area contributed by atoms with Crippen molar-refractivity contribution >= 4 is 17.2 Å². The third kappa shape index (κ3) is 4.65. The maximum Gasteiger partial charge on any atom is 0.163 e. The van der Waals surface area contributed by atoms with Crippen LogP contribution >= 0.6 is 0 Å². The minimum absolute atomic E-state index is 0.0634. The van der Waals surface area contributed by atoms with Gasteiger partial charge in [0.2, 0.25) is 0 Å². The number of fused-ring (bicyclic) bond motifs is 1. The van der Waals surface area contributed by atoms with Crippen LogP contribution in [0.15, 0.2) is 95.8 Å². The highest BCUT2D eigenvalue weighted by atomic mass is 16.5. The Balaban J connectivity index is 1.49. The zero-order valence-electron chi connectivity index (χ0n) is 19.2. The number of ketones is 1. The molecule has 3 aliphatic rings. The molecule has 2 N–H and O–H groups in total. The van der Waals surface area contributed by atoms with Gasteiger partial charge in [-0.1, -0.05) is 68.5 Å². The van der Waals surface area contributed by atoms with Gasteiger partial charge in [-0.2, -0.15) is 0 Å². The predicted molar refractivity (Wildman–Crippen MR) is 134 cm³/mol. The summed E-state index contributed by atoms with van der Waals surface area (Å²) in [5.74, 6) is 0.999. The molecular formula is C29H30N2O2. The lowest BCUT2D eigenvalue weighted by Gasteiger charge is -2.34. The van der Waals surface area contributed by atoms with Gasteiger partial charge in [0.1, 0.15) is 12.4 Å². The standard InChI is InChI=1S/C29H30N2O2/c1-29(2)17-25-27(26(32)18-29)28(31-24-15-8-7-14-23(24)30-25)21-12-9-13-22(16-21)33-19-20-10-5-3-4-6-11-20/h3,5-16,28,30-31H,4,17-19H2,1-2H3. The summed E-state index contributed by atoms with van der Waals surface area (Å²) in [5.41, 5.74) is 5.95. The number of allylic oxidation sites excluding steroid dienone is 5. The van der Waals surface area contributed by atoms with E-state index in [1.54, 1.807) is 0 Å². The molecule has 1 aliphatic heterocycles. The summed E-state index contributed by atoms with van der Waals surface area (Å²) in [7, 11) is 0. The predicted octanol–water partition coefficient (Wildman–Crippen LogP) is 6.73. The van der Waals surface area contributed by atoms with E-state index < -0.39 is 0 Å². The fourth-order valence-corrected chi connectivity index (χ4v) is 4.81. The van der Waals surface area contributed by atoms with Crippen LogP contribution in [0.2, 0.25) is 0 Å². The van der Waals surface area contributed by atoms with Crippen molar-refractivity contribution in [1.29, 1.82) is 0 Å². The Morgan fingerprint density at radius 1 is 1.03 bits per heavy atom. The van der Waals surface area contributed by atoms with Crippen LogP contribution in [0.3, 0.4) is 0 Å². The van der Waals surface area contributed by atoms with Crippen molar-refractivity contribution < 1.29 is 9.53 Å². The van der Waals surface area contributed by atoms with Crippen molar-refractivity contribution in [3.8, 4) is 5.75 Å². The maximum atomic E-state index is 13.4. The molecule has 1 heterocycles. The molecule has 1 atom stereocenters. The largest absolute Gasteiger partial charge is 0.489 e. The van der Waals surface area contributed by atoms with E-state index in [0.29, 0.717) is 13.0 Å². The SMILES string of the molecule is CC1(C)CC(=O)C2=C(C1)Nc1ccccc1NC2c1cccc(OCC2=CC=CCC=C2)c1. The lowest BCUT2D eigenvalue weighted by atomic mass is 9.73. The molecular weight excluding hydrogens is 408 g/mol. The number of Topliss-reactive ketones (excluding diaryl/α,β-unsaturated/α-hetero) is 1. The number of ether oxygens (including phenoxy) is 1. The van der Waals surface area contributed by atoms with Crippen molar-refractivity contribution in [2.24, 2.45) is 5.41 Å². The summed E-state index contributed by atoms with van der Waals surface area (Å²) in [4.78, 5) is 13.4. The van der Waals surface area contributed by atoms with Crippen molar-refractivity contribution in [3.63, 3.8) is 0 Å². The fourth-order valence-electron chi connectivity index (χ4n) is 4.81. The molecule has 4 nitrogen and oxygen atoms in total. The van der Waals surface area contributed by atoms with E-state index in [1.165, 1.54) is 0 Å². The minimum Gasteiger partial charge on any atom is -0.489 e. The summed E-state index contributed by atoms with van der Waals surface area (Å²) >= 11 is 0. The first-order valence-corrected chi connectivity index (χ1v) is 11.6. The van der Waals surface area contributed by atoms with Crippen LogP contribution < -0.4 is 15.4 Å². The second-order valence-electron chi connectivity index (χ2n) is 9.75. The van der Waals surface area contributed by atoms with Crippen LogP contribution in [0.5, 0.6) is 5.75 Å². The number of rotatable bonds is 4. The summed E-state index contributed by atoms with van der Waals surface area (Å²) in [6.07, 6.45) is 12.9. The molecule has 0 saturated heterocycles. The number of hydrogen-bond acceptors (Lipinski definition) is 4. The number of nitrogens with one attached hydrogen (secondary N) is 2. The molecule has 0 fully saturated rings. The van der Waals surface area contributed by atoms with Crippen LogP contribution in [0, 0.1) is 5.41 Å². The van der Waals surface area contributed by atoms with E-state index in [1.807, 2.05) is 24.3 Å². The van der Waals surface area contributed by atoms with Gasteiger partial charge in [0.05, 0.1) is 17.4 Å². The second kappa shape index (κ2) is 8.78. The van der Waals surface area contributed by atoms with Gasteiger partial charge in [0.15, 0.2) is 5.78 Å². The Morgan fingerprint density at radius 2 is 1.88 bits per heavy atom. The normalized spacial score (nSPS) is 21.1. The van der Waals surface area contributed by atoms with E-state index in [2.05, 4.69) is 79.1 Å². The molecule has 2 aliphatic carbocycles. The van der Waals surface area contributed by atoms with E-state index in [4.69, 9.17) is 4.74 Å². The van der Waals surface area contributed by atoms with Crippen molar-refractivity contribution in [1.82, 2.24) is 0 Å². The van der Waals surface area contributed by atoms with Crippen LogP contribution in [-0.2, 0) is 4.79 Å². The van der Waals surface area contributed by atoms with E-state index in [-0.39, 0.29) is 17.2 Å². The molecule has 0 radical (unpaired) electrons. The molecule has 4 heteroatoms. The van der Waals surface area contributed by atoms with Crippen molar-refractivity contribution in [3.05, 3.63) is 101 Å². The summed E-state index contributed by atoms with van der Waals surface area (Å²) in [6, 6.07) is 16.0. The third-order valence-corrected chi connectivity index (χ3v) is 6.37. The number of hydrogen-bond donors (Lipinski definition) is 2. The number of carbonyl (C=O) groups is 1. The quantitative estimate of drug-likeness (QED) is 0.556. The first-order valence-electron chi connectivity index (χ1n) is 11.6. The summed E-state index contributed by atoms with van der Waals surface area (Å²) < 4.78 is 6.13. The highest BCUT2D eigenvalue weighted by Crippen LogP contribution is 2.45. The molecule has 0 amide bonds. The second-order valence-corrected chi connectivity index (χ2v) is 9.75. The first kappa shape index (κ1) is 21.3. The van der Waals surface area contributed by atoms with Crippen LogP contribution in [0.25, 0.3) is 0 Å². The maximum absolute atomic E-state index is 13.4. The molecule has 0 spiro atoms. The monoisotopic (exact) mass is 438 g/mol. The Kier molecular flexibility index (Phi) is 5.67. The van der Waals surface area contributed by atoms with Crippen LogP contribution in [0.1, 0.15) is 44.7 Å². The average molecular weight is 439 g/mol. The molecule has 0 aromatic heterocycles. The highest BCUT2D eigenvalue weighted by molar-refractivity contribution is 6.01. The summed E-state index contributed by atoms with van der Waals surface area (Å²) in [5, 5.41) is 7.22. The van der Waals surface area contributed by atoms with Gasteiger partial charge in [0.25, 0.3) is 0 Å². The van der Waals surface area contributed by atoms with Crippen LogP contribution in [0.4, 0.5) is 11.4 Å². The molecule has 5 rings (SSSR count). The lowest BCUT2D eigenvalue weighted by Crippen LogP contribution is -2.31. The number of anilines is 2. The van der Waals surface area contributed by atoms with Gasteiger partial charge in [0, 0.05) is 17.7 Å². The first-order chi connectivity index (χ1) is 16.0. The van der Waals surface area contributed by atoms with E-state index in [0.717, 1.165) is 52.4 Å².